The van der Waals surface area contributed by atoms with E-state index in [0.29, 0.717) is 17.5 Å². The maximum atomic E-state index is 12.0. The van der Waals surface area contributed by atoms with Crippen molar-refractivity contribution in [3.8, 4) is 11.4 Å². The summed E-state index contributed by atoms with van der Waals surface area (Å²) in [6, 6.07) is 13.3. The average Bonchev–Trinajstić information content (AvgIpc) is 3.39. The number of ether oxygens (including phenoxy) is 1. The van der Waals surface area contributed by atoms with Crippen molar-refractivity contribution in [3.05, 3.63) is 81.4 Å². The van der Waals surface area contributed by atoms with Gasteiger partial charge < -0.3 is 19.5 Å². The lowest BCUT2D eigenvalue weighted by atomic mass is 9.90. The average molecular weight is 506 g/mol. The molecule has 8 nitrogen and oxygen atoms in total. The number of nitrogens with zero attached hydrogens (tertiary/aromatic N) is 4. The van der Waals surface area contributed by atoms with Gasteiger partial charge in [-0.25, -0.2) is 0 Å². The highest BCUT2D eigenvalue weighted by molar-refractivity contribution is 7.80. The molecule has 2 aromatic heterocycles. The van der Waals surface area contributed by atoms with Crippen molar-refractivity contribution < 1.29 is 9.66 Å². The van der Waals surface area contributed by atoms with Crippen LogP contribution in [0.3, 0.4) is 0 Å². The molecule has 1 aromatic carbocycles. The van der Waals surface area contributed by atoms with E-state index in [1.54, 1.807) is 12.1 Å². The van der Waals surface area contributed by atoms with Crippen molar-refractivity contribution in [2.24, 2.45) is 0 Å². The summed E-state index contributed by atoms with van der Waals surface area (Å²) in [5.41, 5.74) is 4.45. The number of rotatable bonds is 6. The molecule has 0 unspecified atom stereocenters. The third-order valence-electron chi connectivity index (χ3n) is 7.51. The number of benzene rings is 1. The van der Waals surface area contributed by atoms with Crippen LogP contribution < -0.4 is 10.1 Å². The van der Waals surface area contributed by atoms with Crippen LogP contribution in [0.2, 0.25) is 0 Å². The van der Waals surface area contributed by atoms with Crippen LogP contribution >= 0.6 is 12.2 Å². The van der Waals surface area contributed by atoms with E-state index in [1.165, 1.54) is 32.4 Å². The number of nitro benzene ring substituents is 1. The largest absolute Gasteiger partial charge is 0.496 e. The highest BCUT2D eigenvalue weighted by Gasteiger charge is 2.44. The summed E-state index contributed by atoms with van der Waals surface area (Å²) in [7, 11) is 1.51. The Morgan fingerprint density at radius 2 is 1.92 bits per heavy atom. The molecule has 2 fully saturated rings. The highest BCUT2D eigenvalue weighted by Crippen LogP contribution is 2.45. The first-order valence-electron chi connectivity index (χ1n) is 12.4. The Hall–Kier alpha value is -3.46. The first-order valence-corrected chi connectivity index (χ1v) is 12.8. The Labute approximate surface area is 216 Å². The Bertz CT molecular complexity index is 1290. The number of hydrogen-bond acceptors (Lipinski definition) is 5. The zero-order chi connectivity index (χ0) is 25.4. The quantitative estimate of drug-likeness (QED) is 0.261. The van der Waals surface area contributed by atoms with Crippen LogP contribution in [0, 0.1) is 24.0 Å². The molecule has 1 aliphatic carbocycles. The van der Waals surface area contributed by atoms with Crippen LogP contribution in [-0.2, 0) is 0 Å². The maximum Gasteiger partial charge on any atom is 0.296 e. The van der Waals surface area contributed by atoms with E-state index in [2.05, 4.69) is 21.3 Å². The summed E-state index contributed by atoms with van der Waals surface area (Å²) < 4.78 is 7.22. The van der Waals surface area contributed by atoms with Crippen molar-refractivity contribution in [3.63, 3.8) is 0 Å². The first-order chi connectivity index (χ1) is 17.4. The topological polar surface area (TPSA) is 85.5 Å². The Morgan fingerprint density at radius 3 is 2.58 bits per heavy atom. The van der Waals surface area contributed by atoms with Crippen molar-refractivity contribution in [2.45, 2.75) is 64.1 Å². The second kappa shape index (κ2) is 9.89. The van der Waals surface area contributed by atoms with E-state index in [1.807, 2.05) is 42.8 Å². The van der Waals surface area contributed by atoms with Crippen LogP contribution in [0.15, 0.2) is 48.7 Å². The lowest BCUT2D eigenvalue weighted by Gasteiger charge is -2.37. The number of pyridine rings is 1. The van der Waals surface area contributed by atoms with Gasteiger partial charge in [-0.1, -0.05) is 25.3 Å². The minimum Gasteiger partial charge on any atom is -0.496 e. The number of aromatic nitrogens is 2. The number of methoxy groups -OCH3 is 1. The molecule has 0 radical (unpaired) electrons. The molecule has 36 heavy (non-hydrogen) atoms. The zero-order valence-corrected chi connectivity index (χ0v) is 21.6. The van der Waals surface area contributed by atoms with Gasteiger partial charge >= 0.3 is 0 Å². The SMILES string of the molecule is COc1ccc(-n2c(C)cc([C@H]3[C@H](c4ccccn4)NC(=S)N3C3CCCCC3)c2C)c([N+](=O)[O-])c1. The van der Waals surface area contributed by atoms with Crippen LogP contribution in [0.4, 0.5) is 5.69 Å². The monoisotopic (exact) mass is 505 g/mol. The van der Waals surface area contributed by atoms with Gasteiger partial charge in [0, 0.05) is 23.6 Å². The van der Waals surface area contributed by atoms with Gasteiger partial charge in [-0.3, -0.25) is 15.1 Å². The van der Waals surface area contributed by atoms with Gasteiger partial charge in [0.25, 0.3) is 5.69 Å². The molecule has 188 valence electrons. The molecule has 0 bridgehead atoms. The van der Waals surface area contributed by atoms with Crippen molar-refractivity contribution in [1.29, 1.82) is 0 Å². The van der Waals surface area contributed by atoms with Gasteiger partial charge in [0.15, 0.2) is 5.11 Å². The minimum atomic E-state index is -0.353. The standard InChI is InChI=1S/C27H31N5O3S/c1-17-15-21(18(2)30(17)23-13-12-20(35-3)16-24(23)32(33)34)26-25(22-11-7-8-14-28-22)29-27(36)31(26)19-9-5-4-6-10-19/h7-8,11-16,19,25-26H,4-6,9-10H2,1-3H3,(H,29,36)/t25-,26-/m0/s1. The van der Waals surface area contributed by atoms with Crippen molar-refractivity contribution in [2.75, 3.05) is 7.11 Å². The van der Waals surface area contributed by atoms with Crippen LogP contribution in [0.5, 0.6) is 5.75 Å². The Balaban J connectivity index is 1.65. The highest BCUT2D eigenvalue weighted by atomic mass is 32.1. The smallest absolute Gasteiger partial charge is 0.296 e. The fourth-order valence-electron chi connectivity index (χ4n) is 5.87. The lowest BCUT2D eigenvalue weighted by molar-refractivity contribution is -0.384. The second-order valence-electron chi connectivity index (χ2n) is 9.60. The molecule has 1 saturated carbocycles. The summed E-state index contributed by atoms with van der Waals surface area (Å²) in [6.07, 6.45) is 7.68. The van der Waals surface area contributed by atoms with E-state index in [4.69, 9.17) is 17.0 Å². The van der Waals surface area contributed by atoms with E-state index < -0.39 is 0 Å². The molecular weight excluding hydrogens is 474 g/mol. The summed E-state index contributed by atoms with van der Waals surface area (Å²) in [4.78, 5) is 18.7. The third-order valence-corrected chi connectivity index (χ3v) is 7.84. The normalized spacial score (nSPS) is 20.4. The predicted molar refractivity (Wildman–Crippen MR) is 143 cm³/mol. The number of thiocarbonyl (C=S) groups is 1. The zero-order valence-electron chi connectivity index (χ0n) is 20.8. The predicted octanol–water partition coefficient (Wildman–Crippen LogP) is 5.71. The van der Waals surface area contributed by atoms with Gasteiger partial charge in [0.05, 0.1) is 35.9 Å². The molecule has 5 rings (SSSR count). The van der Waals surface area contributed by atoms with Crippen molar-refractivity contribution in [1.82, 2.24) is 19.8 Å². The molecular formula is C27H31N5O3S. The van der Waals surface area contributed by atoms with Gasteiger partial charge in [-0.15, -0.1) is 0 Å². The molecule has 9 heteroatoms. The molecule has 1 N–H and O–H groups in total. The lowest BCUT2D eigenvalue weighted by Crippen LogP contribution is -2.40. The molecule has 3 heterocycles. The van der Waals surface area contributed by atoms with Gasteiger partial charge in [-0.05, 0) is 74.8 Å². The molecule has 0 spiro atoms. The number of hydrogen-bond donors (Lipinski definition) is 1. The molecule has 2 aliphatic rings. The molecule has 3 aromatic rings. The number of aryl methyl sites for hydroxylation is 1. The molecule has 0 amide bonds. The van der Waals surface area contributed by atoms with E-state index in [-0.39, 0.29) is 22.7 Å². The van der Waals surface area contributed by atoms with E-state index in [9.17, 15) is 10.1 Å². The number of nitrogens with one attached hydrogen (secondary N) is 1. The van der Waals surface area contributed by atoms with Crippen LogP contribution in [0.25, 0.3) is 5.69 Å². The summed E-state index contributed by atoms with van der Waals surface area (Å²) in [5, 5.41) is 16.3. The van der Waals surface area contributed by atoms with Gasteiger partial charge in [0.1, 0.15) is 11.4 Å². The summed E-state index contributed by atoms with van der Waals surface area (Å²) in [6.45, 7) is 4.03. The fourth-order valence-corrected chi connectivity index (χ4v) is 6.26. The Kier molecular flexibility index (Phi) is 6.66. The van der Waals surface area contributed by atoms with Crippen molar-refractivity contribution >= 4 is 23.0 Å². The van der Waals surface area contributed by atoms with Gasteiger partial charge in [0.2, 0.25) is 0 Å². The summed E-state index contributed by atoms with van der Waals surface area (Å²) in [5.74, 6) is 0.456. The Morgan fingerprint density at radius 1 is 1.14 bits per heavy atom. The third kappa shape index (κ3) is 4.21. The fraction of sp³-hybridized carbons (Fsp3) is 0.407. The second-order valence-corrected chi connectivity index (χ2v) is 9.99. The van der Waals surface area contributed by atoms with E-state index in [0.717, 1.165) is 40.6 Å². The molecule has 2 atom stereocenters. The first kappa shape index (κ1) is 24.2. The molecule has 1 saturated heterocycles. The van der Waals surface area contributed by atoms with E-state index >= 15 is 0 Å². The van der Waals surface area contributed by atoms with Crippen LogP contribution in [-0.4, -0.2) is 37.6 Å². The van der Waals surface area contributed by atoms with Crippen LogP contribution in [0.1, 0.15) is 66.8 Å². The minimum absolute atomic E-state index is 0.00757. The number of nitro groups is 1. The maximum absolute atomic E-state index is 12.0. The van der Waals surface area contributed by atoms with Gasteiger partial charge in [-0.2, -0.15) is 0 Å². The summed E-state index contributed by atoms with van der Waals surface area (Å²) >= 11 is 5.91. The molecule has 1 aliphatic heterocycles.